The van der Waals surface area contributed by atoms with Crippen LogP contribution >= 0.6 is 14.5 Å². The van der Waals surface area contributed by atoms with Crippen LogP contribution in [-0.4, -0.2) is 114 Å². The van der Waals surface area contributed by atoms with Crippen molar-refractivity contribution in [2.75, 3.05) is 20.3 Å². The first-order valence-corrected chi connectivity index (χ1v) is 15.9. The van der Waals surface area contributed by atoms with Crippen LogP contribution in [0.5, 0.6) is 0 Å². The third kappa shape index (κ3) is 7.51. The number of nitrogens with one attached hydrogen (secondary N) is 1. The first kappa shape index (κ1) is 33.5. The number of phosphoric ester groups is 1. The van der Waals surface area contributed by atoms with Crippen LogP contribution in [-0.2, 0) is 43.9 Å². The van der Waals surface area contributed by atoms with Gasteiger partial charge in [0.25, 0.3) is 5.56 Å². The molecule has 1 aromatic heterocycles. The van der Waals surface area contributed by atoms with Gasteiger partial charge in [-0.1, -0.05) is 6.92 Å². The summed E-state index contributed by atoms with van der Waals surface area (Å²) in [5.41, 5.74) is -2.45. The van der Waals surface area contributed by atoms with Crippen molar-refractivity contribution in [3.05, 3.63) is 33.1 Å². The Hall–Kier alpha value is -0.960. The summed E-state index contributed by atoms with van der Waals surface area (Å²) in [6.07, 6.45) is -12.0. The highest BCUT2D eigenvalue weighted by molar-refractivity contribution is 8.08. The first-order valence-electron chi connectivity index (χ1n) is 11.8. The van der Waals surface area contributed by atoms with E-state index in [1.807, 2.05) is 0 Å². The highest BCUT2D eigenvalue weighted by Crippen LogP contribution is 2.62. The van der Waals surface area contributed by atoms with Gasteiger partial charge in [0.2, 0.25) is 0 Å². The number of aliphatic hydroxyl groups excluding tert-OH is 5. The van der Waals surface area contributed by atoms with Gasteiger partial charge >= 0.3 is 20.2 Å². The molecule has 0 aliphatic carbocycles. The van der Waals surface area contributed by atoms with Crippen molar-refractivity contribution >= 4 is 26.3 Å². The zero-order valence-electron chi connectivity index (χ0n) is 21.2. The molecule has 2 aliphatic rings. The topological polar surface area (TPSA) is 269 Å². The lowest BCUT2D eigenvalue weighted by Crippen LogP contribution is -2.61. The van der Waals surface area contributed by atoms with Crippen molar-refractivity contribution in [3.63, 3.8) is 0 Å². The third-order valence-electron chi connectivity index (χ3n) is 6.49. The molecular weight excluding hydrogens is 606 g/mol. The number of aromatic nitrogens is 2. The second-order valence-corrected chi connectivity index (χ2v) is 13.4. The largest absolute Gasteiger partial charge is 0.481 e. The van der Waals surface area contributed by atoms with E-state index in [2.05, 4.69) is 13.8 Å². The molecule has 7 unspecified atom stereocenters. The molecule has 230 valence electrons. The summed E-state index contributed by atoms with van der Waals surface area (Å²) in [5.74, 6) is 0. The molecule has 0 saturated carbocycles. The van der Waals surface area contributed by atoms with Gasteiger partial charge in [0.15, 0.2) is 12.5 Å². The molecule has 11 atom stereocenters. The summed E-state index contributed by atoms with van der Waals surface area (Å²) >= 11 is 4.78. The number of H-pyrrole nitrogens is 1. The van der Waals surface area contributed by atoms with Crippen LogP contribution in [0.25, 0.3) is 0 Å². The van der Waals surface area contributed by atoms with Crippen molar-refractivity contribution in [1.29, 1.82) is 0 Å². The summed E-state index contributed by atoms with van der Waals surface area (Å²) in [7, 11) is -4.01. The zero-order chi connectivity index (χ0) is 30.0. The van der Waals surface area contributed by atoms with Gasteiger partial charge in [-0.3, -0.25) is 18.9 Å². The minimum Gasteiger partial charge on any atom is -0.394 e. The van der Waals surface area contributed by atoms with Crippen LogP contribution in [0.4, 0.5) is 0 Å². The van der Waals surface area contributed by atoms with Crippen molar-refractivity contribution in [1.82, 2.24) is 9.55 Å². The SMILES string of the molecule is CC[C@@]1(OC)C[C@@H](COP(O)(=S)OP(=O)(O)OC2OC([C@@H](O)CO)C(O)C(O)C2O)O[C@H]1n1ccc(=O)[nH]c1=O. The summed E-state index contributed by atoms with van der Waals surface area (Å²) in [4.78, 5) is 46.4. The van der Waals surface area contributed by atoms with Crippen molar-refractivity contribution in [2.45, 2.75) is 74.5 Å². The average molecular weight is 638 g/mol. The quantitative estimate of drug-likeness (QED) is 0.107. The Labute approximate surface area is 231 Å². The van der Waals surface area contributed by atoms with E-state index in [0.29, 0.717) is 6.42 Å². The van der Waals surface area contributed by atoms with Gasteiger partial charge in [-0.15, -0.1) is 0 Å². The molecule has 1 aromatic rings. The zero-order valence-corrected chi connectivity index (χ0v) is 23.8. The van der Waals surface area contributed by atoms with Gasteiger partial charge in [0.05, 0.1) is 19.3 Å². The van der Waals surface area contributed by atoms with Crippen LogP contribution in [0.2, 0.25) is 0 Å². The summed E-state index contributed by atoms with van der Waals surface area (Å²) < 4.78 is 44.6. The fourth-order valence-electron chi connectivity index (χ4n) is 4.38. The van der Waals surface area contributed by atoms with Crippen molar-refractivity contribution in [3.8, 4) is 0 Å². The fourth-order valence-corrected chi connectivity index (χ4v) is 7.50. The fraction of sp³-hybridized carbons (Fsp3) is 0.789. The molecular formula is C19H32N2O16P2S. The molecule has 8 N–H and O–H groups in total. The molecule has 0 radical (unpaired) electrons. The van der Waals surface area contributed by atoms with Gasteiger partial charge in [-0.05, 0) is 18.2 Å². The Morgan fingerprint density at radius 1 is 1.23 bits per heavy atom. The Kier molecular flexibility index (Phi) is 11.0. The minimum atomic E-state index is -5.40. The molecule has 40 heavy (non-hydrogen) atoms. The third-order valence-corrected chi connectivity index (χ3v) is 10.0. The Morgan fingerprint density at radius 3 is 2.48 bits per heavy atom. The van der Waals surface area contributed by atoms with Gasteiger partial charge in [0, 0.05) is 25.8 Å². The molecule has 18 nitrogen and oxygen atoms in total. The molecule has 3 rings (SSSR count). The van der Waals surface area contributed by atoms with Crippen molar-refractivity contribution in [2.24, 2.45) is 0 Å². The van der Waals surface area contributed by atoms with E-state index >= 15 is 0 Å². The molecule has 2 saturated heterocycles. The molecule has 0 bridgehead atoms. The van der Waals surface area contributed by atoms with E-state index in [9.17, 15) is 44.4 Å². The van der Waals surface area contributed by atoms with E-state index in [4.69, 9.17) is 35.6 Å². The van der Waals surface area contributed by atoms with Gasteiger partial charge < -0.3 is 54.1 Å². The van der Waals surface area contributed by atoms with Crippen LogP contribution in [0.15, 0.2) is 21.9 Å². The number of nitrogens with zero attached hydrogens (tertiary/aromatic N) is 1. The van der Waals surface area contributed by atoms with Crippen LogP contribution in [0.1, 0.15) is 26.0 Å². The van der Waals surface area contributed by atoms with Gasteiger partial charge in [-0.25, -0.2) is 13.7 Å². The predicted molar refractivity (Wildman–Crippen MR) is 134 cm³/mol. The van der Waals surface area contributed by atoms with E-state index < -0.39 is 93.7 Å². The van der Waals surface area contributed by atoms with Crippen LogP contribution in [0.3, 0.4) is 0 Å². The first-order chi connectivity index (χ1) is 18.6. The summed E-state index contributed by atoms with van der Waals surface area (Å²) in [5, 5.41) is 48.8. The molecule has 0 aromatic carbocycles. The second-order valence-electron chi connectivity index (χ2n) is 9.07. The molecule has 2 fully saturated rings. The minimum absolute atomic E-state index is 0.107. The molecule has 0 spiro atoms. The van der Waals surface area contributed by atoms with E-state index in [1.54, 1.807) is 6.92 Å². The molecule has 21 heteroatoms. The van der Waals surface area contributed by atoms with Crippen LogP contribution < -0.4 is 11.2 Å². The monoisotopic (exact) mass is 638 g/mol. The molecule has 2 aliphatic heterocycles. The number of hydrogen-bond donors (Lipinski definition) is 8. The number of methoxy groups -OCH3 is 1. The Bertz CT molecular complexity index is 1230. The van der Waals surface area contributed by atoms with Gasteiger partial charge in [0.1, 0.15) is 36.1 Å². The smallest absolute Gasteiger partial charge is 0.394 e. The maximum Gasteiger partial charge on any atom is 0.481 e. The number of aromatic amines is 1. The highest BCUT2D eigenvalue weighted by atomic mass is 32.5. The number of phosphoric acid groups is 1. The second kappa shape index (κ2) is 13.1. The van der Waals surface area contributed by atoms with Crippen molar-refractivity contribution < 1.29 is 67.5 Å². The maximum atomic E-state index is 12.5. The van der Waals surface area contributed by atoms with Gasteiger partial charge in [-0.2, -0.15) is 0 Å². The Morgan fingerprint density at radius 2 is 1.90 bits per heavy atom. The highest BCUT2D eigenvalue weighted by Gasteiger charge is 2.51. The summed E-state index contributed by atoms with van der Waals surface area (Å²) in [6.45, 7) is -4.24. The summed E-state index contributed by atoms with van der Waals surface area (Å²) in [6, 6.07) is 1.12. The number of rotatable bonds is 12. The standard InChI is InChI=1S/C19H32N2O16P2S/c1-3-19(32-2)6-9(34-17(19)21-5-4-11(24)20-18(21)28)8-33-39(31,40)37-38(29,30)36-16-14(27)12(25)13(26)15(35-16)10(23)7-22/h4-5,9-10,12-17,22-23,25-27H,3,6-8H2,1-2H3,(H,29,30)(H,31,40)(H,20,24,28)/t9-,10-,12?,13?,14?,15?,16?,17+,19+,39?/m0/s1. The average Bonchev–Trinajstić information content (AvgIpc) is 3.25. The van der Waals surface area contributed by atoms with E-state index in [0.717, 1.165) is 10.6 Å². The lowest BCUT2D eigenvalue weighted by atomic mass is 9.94. The number of aliphatic hydroxyl groups is 5. The molecule has 3 heterocycles. The normalized spacial score (nSPS) is 36.6. The number of ether oxygens (including phenoxy) is 3. The van der Waals surface area contributed by atoms with E-state index in [-0.39, 0.29) is 6.42 Å². The van der Waals surface area contributed by atoms with E-state index in [1.165, 1.54) is 13.3 Å². The Balaban J connectivity index is 1.67. The van der Waals surface area contributed by atoms with Crippen LogP contribution in [0, 0.1) is 0 Å². The molecule has 0 amide bonds. The maximum absolute atomic E-state index is 12.5. The predicted octanol–water partition coefficient (Wildman–Crippen LogP) is -2.85. The lowest BCUT2D eigenvalue weighted by Gasteiger charge is -2.41. The number of hydrogen-bond acceptors (Lipinski definition) is 15. The lowest BCUT2D eigenvalue weighted by molar-refractivity contribution is -0.292.